The van der Waals surface area contributed by atoms with Crippen LogP contribution in [0, 0.1) is 12.8 Å². The Morgan fingerprint density at radius 1 is 1.30 bits per heavy atom. The van der Waals surface area contributed by atoms with E-state index < -0.39 is 0 Å². The standard InChI is InChI=1S/C16H22N4/c1-13-18-11-16(19-13)12-20-7-4-14(5-8-20)9-15-3-2-6-17-10-15/h2-3,6,10-11,14H,4-5,7-9,12H2,1H3,(H,18,19). The van der Waals surface area contributed by atoms with Gasteiger partial charge in [0.25, 0.3) is 0 Å². The molecule has 4 heteroatoms. The summed E-state index contributed by atoms with van der Waals surface area (Å²) in [6, 6.07) is 4.22. The van der Waals surface area contributed by atoms with Gasteiger partial charge in [-0.15, -0.1) is 0 Å². The maximum atomic E-state index is 4.26. The summed E-state index contributed by atoms with van der Waals surface area (Å²) in [5.41, 5.74) is 2.60. The third-order valence-corrected chi connectivity index (χ3v) is 4.10. The molecule has 3 heterocycles. The van der Waals surface area contributed by atoms with E-state index in [2.05, 4.69) is 25.9 Å². The number of pyridine rings is 1. The van der Waals surface area contributed by atoms with E-state index in [1.54, 1.807) is 0 Å². The number of nitrogens with zero attached hydrogens (tertiary/aromatic N) is 3. The molecular formula is C16H22N4. The average Bonchev–Trinajstić information content (AvgIpc) is 2.88. The monoisotopic (exact) mass is 270 g/mol. The summed E-state index contributed by atoms with van der Waals surface area (Å²) >= 11 is 0. The molecule has 0 atom stereocenters. The number of hydrogen-bond donors (Lipinski definition) is 1. The lowest BCUT2D eigenvalue weighted by Crippen LogP contribution is -2.34. The summed E-state index contributed by atoms with van der Waals surface area (Å²) in [6.45, 7) is 5.37. The SMILES string of the molecule is Cc1ncc(CN2CCC(Cc3cccnc3)CC2)[nH]1. The minimum Gasteiger partial charge on any atom is -0.345 e. The molecule has 0 radical (unpaired) electrons. The second-order valence-corrected chi connectivity index (χ2v) is 5.78. The van der Waals surface area contributed by atoms with E-state index in [0.717, 1.165) is 18.3 Å². The lowest BCUT2D eigenvalue weighted by Gasteiger charge is -2.31. The number of nitrogens with one attached hydrogen (secondary N) is 1. The molecule has 4 nitrogen and oxygen atoms in total. The van der Waals surface area contributed by atoms with Crippen LogP contribution in [0.1, 0.15) is 29.9 Å². The number of imidazole rings is 1. The maximum Gasteiger partial charge on any atom is 0.103 e. The molecule has 1 aliphatic heterocycles. The quantitative estimate of drug-likeness (QED) is 0.928. The first-order chi connectivity index (χ1) is 9.79. The van der Waals surface area contributed by atoms with E-state index >= 15 is 0 Å². The number of piperidine rings is 1. The van der Waals surface area contributed by atoms with Crippen molar-refractivity contribution in [3.8, 4) is 0 Å². The van der Waals surface area contributed by atoms with Crippen LogP contribution < -0.4 is 0 Å². The molecule has 20 heavy (non-hydrogen) atoms. The fourth-order valence-corrected chi connectivity index (χ4v) is 2.99. The van der Waals surface area contributed by atoms with Crippen LogP contribution in [0.3, 0.4) is 0 Å². The number of hydrogen-bond acceptors (Lipinski definition) is 3. The van der Waals surface area contributed by atoms with Gasteiger partial charge in [-0.1, -0.05) is 6.07 Å². The third kappa shape index (κ3) is 3.45. The fraction of sp³-hybridized carbons (Fsp3) is 0.500. The molecule has 0 aromatic carbocycles. The Balaban J connectivity index is 1.47. The average molecular weight is 270 g/mol. The number of rotatable bonds is 4. The van der Waals surface area contributed by atoms with Crippen molar-refractivity contribution in [1.29, 1.82) is 0 Å². The lowest BCUT2D eigenvalue weighted by atomic mass is 9.91. The van der Waals surface area contributed by atoms with Gasteiger partial charge in [-0.25, -0.2) is 4.98 Å². The highest BCUT2D eigenvalue weighted by atomic mass is 15.1. The van der Waals surface area contributed by atoms with Crippen LogP contribution in [0.5, 0.6) is 0 Å². The second-order valence-electron chi connectivity index (χ2n) is 5.78. The summed E-state index contributed by atoms with van der Waals surface area (Å²) in [5.74, 6) is 1.81. The van der Waals surface area contributed by atoms with Crippen molar-refractivity contribution in [2.45, 2.75) is 32.7 Å². The van der Waals surface area contributed by atoms with E-state index in [0.29, 0.717) is 0 Å². The summed E-state index contributed by atoms with van der Waals surface area (Å²) in [5, 5.41) is 0. The smallest absolute Gasteiger partial charge is 0.103 e. The highest BCUT2D eigenvalue weighted by molar-refractivity contribution is 5.09. The van der Waals surface area contributed by atoms with Crippen LogP contribution in [0.25, 0.3) is 0 Å². The number of aryl methyl sites for hydroxylation is 1. The minimum atomic E-state index is 0.805. The zero-order valence-electron chi connectivity index (χ0n) is 12.0. The van der Waals surface area contributed by atoms with E-state index in [1.165, 1.54) is 43.6 Å². The first-order valence-corrected chi connectivity index (χ1v) is 7.41. The van der Waals surface area contributed by atoms with E-state index in [4.69, 9.17) is 0 Å². The van der Waals surface area contributed by atoms with Crippen molar-refractivity contribution in [3.63, 3.8) is 0 Å². The number of aromatic nitrogens is 3. The van der Waals surface area contributed by atoms with Gasteiger partial charge in [0.2, 0.25) is 0 Å². The minimum absolute atomic E-state index is 0.805. The fourth-order valence-electron chi connectivity index (χ4n) is 2.99. The van der Waals surface area contributed by atoms with Crippen LogP contribution in [0.4, 0.5) is 0 Å². The summed E-state index contributed by atoms with van der Waals surface area (Å²) in [4.78, 5) is 14.3. The molecule has 0 spiro atoms. The highest BCUT2D eigenvalue weighted by Gasteiger charge is 2.19. The van der Waals surface area contributed by atoms with Crippen molar-refractivity contribution in [2.24, 2.45) is 5.92 Å². The van der Waals surface area contributed by atoms with Crippen LogP contribution in [0.2, 0.25) is 0 Å². The molecule has 0 amide bonds. The van der Waals surface area contributed by atoms with Gasteiger partial charge in [0.05, 0.1) is 0 Å². The van der Waals surface area contributed by atoms with Crippen molar-refractivity contribution in [1.82, 2.24) is 19.9 Å². The number of aromatic amines is 1. The van der Waals surface area contributed by atoms with Crippen molar-refractivity contribution < 1.29 is 0 Å². The Bertz CT molecular complexity index is 526. The molecule has 106 valence electrons. The predicted molar refractivity (Wildman–Crippen MR) is 79.3 cm³/mol. The Kier molecular flexibility index (Phi) is 4.11. The Morgan fingerprint density at radius 2 is 2.15 bits per heavy atom. The summed E-state index contributed by atoms with van der Waals surface area (Å²) in [7, 11) is 0. The van der Waals surface area contributed by atoms with Crippen LogP contribution in [0.15, 0.2) is 30.7 Å². The van der Waals surface area contributed by atoms with Crippen LogP contribution >= 0.6 is 0 Å². The molecule has 2 aromatic rings. The topological polar surface area (TPSA) is 44.8 Å². The zero-order chi connectivity index (χ0) is 13.8. The molecule has 1 N–H and O–H groups in total. The summed E-state index contributed by atoms with van der Waals surface area (Å²) < 4.78 is 0. The van der Waals surface area contributed by atoms with E-state index in [1.807, 2.05) is 31.6 Å². The molecule has 1 saturated heterocycles. The normalized spacial score (nSPS) is 17.4. The molecular weight excluding hydrogens is 248 g/mol. The first kappa shape index (κ1) is 13.3. The van der Waals surface area contributed by atoms with E-state index in [9.17, 15) is 0 Å². The molecule has 1 aliphatic rings. The molecule has 2 aromatic heterocycles. The Hall–Kier alpha value is -1.68. The predicted octanol–water partition coefficient (Wildman–Crippen LogP) is 2.57. The van der Waals surface area contributed by atoms with Crippen molar-refractivity contribution >= 4 is 0 Å². The van der Waals surface area contributed by atoms with Gasteiger partial charge in [0, 0.05) is 30.8 Å². The lowest BCUT2D eigenvalue weighted by molar-refractivity contribution is 0.175. The molecule has 0 aliphatic carbocycles. The van der Waals surface area contributed by atoms with Crippen molar-refractivity contribution in [3.05, 3.63) is 47.8 Å². The van der Waals surface area contributed by atoms with Gasteiger partial charge >= 0.3 is 0 Å². The van der Waals surface area contributed by atoms with Crippen LogP contribution in [-0.4, -0.2) is 32.9 Å². The zero-order valence-corrected chi connectivity index (χ0v) is 12.0. The van der Waals surface area contributed by atoms with E-state index in [-0.39, 0.29) is 0 Å². The molecule has 1 fully saturated rings. The maximum absolute atomic E-state index is 4.26. The molecule has 3 rings (SSSR count). The number of H-pyrrole nitrogens is 1. The van der Waals surface area contributed by atoms with Gasteiger partial charge in [-0.2, -0.15) is 0 Å². The molecule has 0 unspecified atom stereocenters. The molecule has 0 bridgehead atoms. The Morgan fingerprint density at radius 3 is 2.80 bits per heavy atom. The second kappa shape index (κ2) is 6.18. The van der Waals surface area contributed by atoms with Crippen LogP contribution in [-0.2, 0) is 13.0 Å². The Labute approximate surface area is 120 Å². The van der Waals surface area contributed by atoms with Gasteiger partial charge in [-0.05, 0) is 56.8 Å². The largest absolute Gasteiger partial charge is 0.345 e. The highest BCUT2D eigenvalue weighted by Crippen LogP contribution is 2.22. The first-order valence-electron chi connectivity index (χ1n) is 7.41. The van der Waals surface area contributed by atoms with Crippen molar-refractivity contribution in [2.75, 3.05) is 13.1 Å². The molecule has 0 saturated carbocycles. The van der Waals surface area contributed by atoms with Gasteiger partial charge < -0.3 is 4.98 Å². The third-order valence-electron chi connectivity index (χ3n) is 4.10. The number of likely N-dealkylation sites (tertiary alicyclic amines) is 1. The van der Waals surface area contributed by atoms with Gasteiger partial charge in [-0.3, -0.25) is 9.88 Å². The van der Waals surface area contributed by atoms with Gasteiger partial charge in [0.15, 0.2) is 0 Å². The summed E-state index contributed by atoms with van der Waals surface area (Å²) in [6.07, 6.45) is 9.53. The van der Waals surface area contributed by atoms with Gasteiger partial charge in [0.1, 0.15) is 5.82 Å².